The van der Waals surface area contributed by atoms with Crippen LogP contribution < -0.4 is 5.32 Å². The van der Waals surface area contributed by atoms with Crippen LogP contribution in [0.3, 0.4) is 0 Å². The number of carbonyl (C=O) groups excluding carboxylic acids is 1. The highest BCUT2D eigenvalue weighted by molar-refractivity contribution is 6.09. The summed E-state index contributed by atoms with van der Waals surface area (Å²) in [5.41, 5.74) is 1.82. The lowest BCUT2D eigenvalue weighted by atomic mass is 10.0. The van der Waals surface area contributed by atoms with E-state index in [1.807, 2.05) is 18.2 Å². The zero-order chi connectivity index (χ0) is 14.4. The molecule has 2 rings (SSSR count). The van der Waals surface area contributed by atoms with Crippen LogP contribution in [0.2, 0.25) is 0 Å². The van der Waals surface area contributed by atoms with E-state index in [9.17, 15) is 9.59 Å². The number of ketones is 1. The van der Waals surface area contributed by atoms with Crippen LogP contribution in [0.4, 0.5) is 5.69 Å². The van der Waals surface area contributed by atoms with Gasteiger partial charge >= 0.3 is 5.97 Å². The molecule has 0 radical (unpaired) electrons. The minimum atomic E-state index is -1.03. The number of anilines is 1. The standard InChI is InChI=1S/C16H13NO3/c18-15(19)9-10-17-14-8-4-7-13(11-14)16(20)12-5-2-1-3-6-12/h1-11,17H,(H,18,19). The third kappa shape index (κ3) is 3.55. The second kappa shape index (κ2) is 6.33. The van der Waals surface area contributed by atoms with Crippen LogP contribution in [0.5, 0.6) is 0 Å². The zero-order valence-electron chi connectivity index (χ0n) is 10.6. The SMILES string of the molecule is O=C(O)C=CNc1cccc(C(=O)c2ccccc2)c1. The van der Waals surface area contributed by atoms with Crippen molar-refractivity contribution in [3.8, 4) is 0 Å². The molecule has 2 aromatic carbocycles. The molecular weight excluding hydrogens is 254 g/mol. The molecule has 0 amide bonds. The van der Waals surface area contributed by atoms with E-state index >= 15 is 0 Å². The Balaban J connectivity index is 2.17. The van der Waals surface area contributed by atoms with Crippen molar-refractivity contribution in [3.63, 3.8) is 0 Å². The van der Waals surface area contributed by atoms with E-state index in [1.54, 1.807) is 36.4 Å². The molecule has 4 nitrogen and oxygen atoms in total. The summed E-state index contributed by atoms with van der Waals surface area (Å²) in [6.07, 6.45) is 2.31. The summed E-state index contributed by atoms with van der Waals surface area (Å²) in [6.45, 7) is 0. The van der Waals surface area contributed by atoms with Crippen LogP contribution in [0, 0.1) is 0 Å². The number of rotatable bonds is 5. The van der Waals surface area contributed by atoms with Gasteiger partial charge in [0.25, 0.3) is 0 Å². The van der Waals surface area contributed by atoms with Gasteiger partial charge in [0.1, 0.15) is 0 Å². The lowest BCUT2D eigenvalue weighted by molar-refractivity contribution is -0.131. The molecule has 2 N–H and O–H groups in total. The van der Waals surface area contributed by atoms with Crippen molar-refractivity contribution in [1.82, 2.24) is 0 Å². The summed E-state index contributed by atoms with van der Waals surface area (Å²) in [6, 6.07) is 15.9. The van der Waals surface area contributed by atoms with Crippen molar-refractivity contribution in [2.75, 3.05) is 5.32 Å². The maximum absolute atomic E-state index is 12.2. The van der Waals surface area contributed by atoms with Gasteiger partial charge in [0, 0.05) is 29.1 Å². The highest BCUT2D eigenvalue weighted by atomic mass is 16.4. The van der Waals surface area contributed by atoms with Crippen molar-refractivity contribution in [1.29, 1.82) is 0 Å². The van der Waals surface area contributed by atoms with E-state index in [2.05, 4.69) is 5.32 Å². The Bertz CT molecular complexity index is 648. The molecule has 0 atom stereocenters. The number of aliphatic carboxylic acids is 1. The van der Waals surface area contributed by atoms with E-state index in [0.717, 1.165) is 6.08 Å². The molecule has 0 spiro atoms. The molecule has 0 bridgehead atoms. The molecule has 0 aliphatic rings. The molecule has 0 aliphatic heterocycles. The van der Waals surface area contributed by atoms with Gasteiger partial charge in [-0.2, -0.15) is 0 Å². The maximum atomic E-state index is 12.2. The number of nitrogens with one attached hydrogen (secondary N) is 1. The Kier molecular flexibility index (Phi) is 4.29. The van der Waals surface area contributed by atoms with E-state index in [-0.39, 0.29) is 5.78 Å². The molecule has 4 heteroatoms. The Hall–Kier alpha value is -2.88. The van der Waals surface area contributed by atoms with Gasteiger partial charge in [-0.1, -0.05) is 42.5 Å². The average Bonchev–Trinajstić information content (AvgIpc) is 2.47. The fourth-order valence-corrected chi connectivity index (χ4v) is 1.72. The van der Waals surface area contributed by atoms with Crippen molar-refractivity contribution in [3.05, 3.63) is 78.0 Å². The minimum Gasteiger partial charge on any atom is -0.478 e. The topological polar surface area (TPSA) is 66.4 Å². The zero-order valence-corrected chi connectivity index (χ0v) is 10.6. The molecule has 0 aromatic heterocycles. The Labute approximate surface area is 116 Å². The minimum absolute atomic E-state index is 0.0727. The number of carbonyl (C=O) groups is 2. The second-order valence-corrected chi connectivity index (χ2v) is 4.09. The molecule has 0 fully saturated rings. The largest absolute Gasteiger partial charge is 0.478 e. The Morgan fingerprint density at radius 3 is 2.35 bits per heavy atom. The van der Waals surface area contributed by atoms with Crippen LogP contribution in [0.25, 0.3) is 0 Å². The number of hydrogen-bond donors (Lipinski definition) is 2. The molecule has 0 aliphatic carbocycles. The van der Waals surface area contributed by atoms with Crippen LogP contribution >= 0.6 is 0 Å². The van der Waals surface area contributed by atoms with E-state index in [4.69, 9.17) is 5.11 Å². The smallest absolute Gasteiger partial charge is 0.329 e. The first-order valence-electron chi connectivity index (χ1n) is 6.02. The second-order valence-electron chi connectivity index (χ2n) is 4.09. The predicted octanol–water partition coefficient (Wildman–Crippen LogP) is 2.93. The van der Waals surface area contributed by atoms with Gasteiger partial charge in [0.15, 0.2) is 5.78 Å². The number of carboxylic acid groups (broad SMARTS) is 1. The summed E-state index contributed by atoms with van der Waals surface area (Å²) >= 11 is 0. The van der Waals surface area contributed by atoms with Crippen molar-refractivity contribution >= 4 is 17.4 Å². The first-order chi connectivity index (χ1) is 9.66. The third-order valence-corrected chi connectivity index (χ3v) is 2.64. The van der Waals surface area contributed by atoms with Crippen LogP contribution in [0.15, 0.2) is 66.9 Å². The van der Waals surface area contributed by atoms with Crippen molar-refractivity contribution < 1.29 is 14.7 Å². The van der Waals surface area contributed by atoms with Gasteiger partial charge in [0.05, 0.1) is 0 Å². The van der Waals surface area contributed by atoms with Crippen LogP contribution in [0.1, 0.15) is 15.9 Å². The fraction of sp³-hybridized carbons (Fsp3) is 0. The van der Waals surface area contributed by atoms with Crippen LogP contribution in [-0.2, 0) is 4.79 Å². The molecule has 2 aromatic rings. The number of hydrogen-bond acceptors (Lipinski definition) is 3. The van der Waals surface area contributed by atoms with Gasteiger partial charge in [-0.15, -0.1) is 0 Å². The third-order valence-electron chi connectivity index (χ3n) is 2.64. The summed E-state index contributed by atoms with van der Waals surface area (Å²) in [7, 11) is 0. The predicted molar refractivity (Wildman–Crippen MR) is 76.7 cm³/mol. The molecule has 100 valence electrons. The lowest BCUT2D eigenvalue weighted by Gasteiger charge is -2.04. The molecule has 0 saturated heterocycles. The molecule has 0 heterocycles. The fourth-order valence-electron chi connectivity index (χ4n) is 1.72. The van der Waals surface area contributed by atoms with Crippen molar-refractivity contribution in [2.45, 2.75) is 0 Å². The Morgan fingerprint density at radius 2 is 1.65 bits per heavy atom. The lowest BCUT2D eigenvalue weighted by Crippen LogP contribution is -2.01. The highest BCUT2D eigenvalue weighted by Gasteiger charge is 2.08. The molecule has 0 unspecified atom stereocenters. The summed E-state index contributed by atoms with van der Waals surface area (Å²) in [4.78, 5) is 22.6. The van der Waals surface area contributed by atoms with E-state index in [0.29, 0.717) is 16.8 Å². The van der Waals surface area contributed by atoms with Gasteiger partial charge in [-0.3, -0.25) is 4.79 Å². The summed E-state index contributed by atoms with van der Waals surface area (Å²) in [5, 5.41) is 11.3. The van der Waals surface area contributed by atoms with Crippen molar-refractivity contribution in [2.24, 2.45) is 0 Å². The highest BCUT2D eigenvalue weighted by Crippen LogP contribution is 2.14. The first kappa shape index (κ1) is 13.5. The van der Waals surface area contributed by atoms with Gasteiger partial charge in [0.2, 0.25) is 0 Å². The first-order valence-corrected chi connectivity index (χ1v) is 6.02. The maximum Gasteiger partial charge on any atom is 0.329 e. The van der Waals surface area contributed by atoms with Gasteiger partial charge in [-0.25, -0.2) is 4.79 Å². The monoisotopic (exact) mass is 267 g/mol. The molecule has 20 heavy (non-hydrogen) atoms. The van der Waals surface area contributed by atoms with E-state index in [1.165, 1.54) is 6.20 Å². The average molecular weight is 267 g/mol. The van der Waals surface area contributed by atoms with E-state index < -0.39 is 5.97 Å². The molecular formula is C16H13NO3. The van der Waals surface area contributed by atoms with Crippen LogP contribution in [-0.4, -0.2) is 16.9 Å². The quantitative estimate of drug-likeness (QED) is 0.645. The van der Waals surface area contributed by atoms with Gasteiger partial charge < -0.3 is 10.4 Å². The Morgan fingerprint density at radius 1 is 0.950 bits per heavy atom. The van der Waals surface area contributed by atoms with Gasteiger partial charge in [-0.05, 0) is 12.1 Å². The summed E-state index contributed by atoms with van der Waals surface area (Å²) < 4.78 is 0. The number of benzene rings is 2. The molecule has 0 saturated carbocycles. The number of carboxylic acids is 1. The summed E-state index contributed by atoms with van der Waals surface area (Å²) in [5.74, 6) is -1.11. The normalized spacial score (nSPS) is 10.4.